The first-order chi connectivity index (χ1) is 17.8. The van der Waals surface area contributed by atoms with E-state index < -0.39 is 11.9 Å². The Balaban J connectivity index is 1.92. The van der Waals surface area contributed by atoms with Crippen LogP contribution in [-0.2, 0) is 9.59 Å². The van der Waals surface area contributed by atoms with Crippen LogP contribution in [0.5, 0.6) is 34.5 Å². The zero-order valence-corrected chi connectivity index (χ0v) is 21.3. The Labute approximate surface area is 215 Å². The van der Waals surface area contributed by atoms with Gasteiger partial charge in [-0.3, -0.25) is 0 Å². The fourth-order valence-corrected chi connectivity index (χ4v) is 3.34. The molecule has 2 aromatic carbocycles. The molecule has 0 aromatic heterocycles. The lowest BCUT2D eigenvalue weighted by molar-refractivity contribution is -0.132. The van der Waals surface area contributed by atoms with Gasteiger partial charge < -0.3 is 38.6 Å². The molecule has 0 aliphatic carbocycles. The van der Waals surface area contributed by atoms with Gasteiger partial charge in [0.1, 0.15) is 0 Å². The summed E-state index contributed by atoms with van der Waals surface area (Å²) in [5.74, 6) is 0.540. The van der Waals surface area contributed by atoms with Crippen LogP contribution < -0.4 is 28.4 Å². The normalized spacial score (nSPS) is 10.9. The highest BCUT2D eigenvalue weighted by Gasteiger charge is 2.15. The molecule has 0 atom stereocenters. The molecule has 200 valence electrons. The lowest BCUT2D eigenvalue weighted by Crippen LogP contribution is -2.04. The van der Waals surface area contributed by atoms with Crippen molar-refractivity contribution in [3.8, 4) is 34.5 Å². The third kappa shape index (κ3) is 8.99. The molecule has 0 saturated carbocycles. The van der Waals surface area contributed by atoms with Crippen molar-refractivity contribution < 1.29 is 48.2 Å². The van der Waals surface area contributed by atoms with Crippen LogP contribution in [0.2, 0.25) is 0 Å². The molecule has 2 aromatic rings. The summed E-state index contributed by atoms with van der Waals surface area (Å²) in [6, 6.07) is 6.70. The molecule has 0 fully saturated rings. The first kappa shape index (κ1) is 28.9. The van der Waals surface area contributed by atoms with E-state index in [2.05, 4.69) is 0 Å². The van der Waals surface area contributed by atoms with E-state index in [9.17, 15) is 9.59 Å². The summed E-state index contributed by atoms with van der Waals surface area (Å²) in [5, 5.41) is 17.7. The number of methoxy groups -OCH3 is 4. The number of unbranched alkanes of at least 4 members (excludes halogenated alkanes) is 2. The summed E-state index contributed by atoms with van der Waals surface area (Å²) in [7, 11) is 6.00. The number of rotatable bonds is 16. The quantitative estimate of drug-likeness (QED) is 0.242. The molecular formula is C27H32O10. The predicted octanol–water partition coefficient (Wildman–Crippen LogP) is 4.54. The van der Waals surface area contributed by atoms with E-state index in [0.717, 1.165) is 31.4 Å². The van der Waals surface area contributed by atoms with Crippen molar-refractivity contribution in [2.24, 2.45) is 0 Å². The standard InChI is InChI=1S/C27H32O10/c1-32-20-14-18(8-10-24(28)29)15-21(33-2)26(20)36-12-6-5-7-13-37-27-22(34-3)16-19(9-11-25(30)31)17-23(27)35-4/h8-11,14-17H,5-7,12-13H2,1-4H3,(H,28,29)(H,30,31). The van der Waals surface area contributed by atoms with Crippen molar-refractivity contribution in [3.63, 3.8) is 0 Å². The number of aliphatic carboxylic acids is 2. The average molecular weight is 517 g/mol. The molecule has 37 heavy (non-hydrogen) atoms. The van der Waals surface area contributed by atoms with E-state index in [4.69, 9.17) is 38.6 Å². The van der Waals surface area contributed by atoms with Gasteiger partial charge >= 0.3 is 11.9 Å². The monoisotopic (exact) mass is 516 g/mol. The van der Waals surface area contributed by atoms with Gasteiger partial charge in [0, 0.05) is 12.2 Å². The Morgan fingerprint density at radius 2 is 0.946 bits per heavy atom. The van der Waals surface area contributed by atoms with Gasteiger partial charge in [-0.25, -0.2) is 9.59 Å². The second-order valence-electron chi connectivity index (χ2n) is 7.61. The minimum atomic E-state index is -1.05. The summed E-state index contributed by atoms with van der Waals surface area (Å²) in [4.78, 5) is 21.6. The number of carbonyl (C=O) groups is 2. The lowest BCUT2D eigenvalue weighted by atomic mass is 10.1. The van der Waals surface area contributed by atoms with Crippen LogP contribution in [-0.4, -0.2) is 63.8 Å². The van der Waals surface area contributed by atoms with Gasteiger partial charge in [-0.15, -0.1) is 0 Å². The maximum atomic E-state index is 10.8. The molecule has 2 N–H and O–H groups in total. The molecule has 0 radical (unpaired) electrons. The summed E-state index contributed by atoms with van der Waals surface area (Å²) in [5.41, 5.74) is 1.22. The smallest absolute Gasteiger partial charge is 0.328 e. The topological polar surface area (TPSA) is 130 Å². The van der Waals surface area contributed by atoms with Crippen molar-refractivity contribution in [2.75, 3.05) is 41.7 Å². The van der Waals surface area contributed by atoms with Gasteiger partial charge in [-0.2, -0.15) is 0 Å². The molecule has 0 aliphatic rings. The van der Waals surface area contributed by atoms with Gasteiger partial charge in [0.15, 0.2) is 23.0 Å². The Morgan fingerprint density at radius 1 is 0.622 bits per heavy atom. The van der Waals surface area contributed by atoms with Crippen LogP contribution in [0.15, 0.2) is 36.4 Å². The van der Waals surface area contributed by atoms with Crippen molar-refractivity contribution in [3.05, 3.63) is 47.5 Å². The molecule has 0 spiro atoms. The maximum Gasteiger partial charge on any atom is 0.328 e. The zero-order chi connectivity index (χ0) is 27.2. The SMILES string of the molecule is COc1cc(C=CC(=O)O)cc(OC)c1OCCCCCOc1c(OC)cc(C=CC(=O)O)cc1OC. The van der Waals surface area contributed by atoms with Crippen LogP contribution in [0.25, 0.3) is 12.2 Å². The number of ether oxygens (including phenoxy) is 6. The van der Waals surface area contributed by atoms with Gasteiger partial charge in [0.05, 0.1) is 41.7 Å². The Morgan fingerprint density at radius 3 is 1.22 bits per heavy atom. The van der Waals surface area contributed by atoms with Crippen LogP contribution in [0, 0.1) is 0 Å². The predicted molar refractivity (Wildman–Crippen MR) is 137 cm³/mol. The highest BCUT2D eigenvalue weighted by Crippen LogP contribution is 2.40. The molecular weight excluding hydrogens is 484 g/mol. The maximum absolute atomic E-state index is 10.8. The number of hydrogen-bond donors (Lipinski definition) is 2. The van der Waals surface area contributed by atoms with Gasteiger partial charge in [-0.05, 0) is 66.8 Å². The van der Waals surface area contributed by atoms with Crippen molar-refractivity contribution >= 4 is 24.1 Å². The molecule has 10 heteroatoms. The fourth-order valence-electron chi connectivity index (χ4n) is 3.34. The number of carboxylic acid groups (broad SMARTS) is 2. The molecule has 0 aliphatic heterocycles. The number of hydrogen-bond acceptors (Lipinski definition) is 8. The van der Waals surface area contributed by atoms with Gasteiger partial charge in [0.2, 0.25) is 11.5 Å². The van der Waals surface area contributed by atoms with Crippen molar-refractivity contribution in [1.29, 1.82) is 0 Å². The zero-order valence-electron chi connectivity index (χ0n) is 21.3. The second-order valence-corrected chi connectivity index (χ2v) is 7.61. The van der Waals surface area contributed by atoms with E-state index >= 15 is 0 Å². The fraction of sp³-hybridized carbons (Fsp3) is 0.333. The average Bonchev–Trinajstić information content (AvgIpc) is 2.89. The highest BCUT2D eigenvalue weighted by atomic mass is 16.5. The molecule has 0 amide bonds. The molecule has 0 unspecified atom stereocenters. The van der Waals surface area contributed by atoms with Crippen LogP contribution in [0.1, 0.15) is 30.4 Å². The largest absolute Gasteiger partial charge is 0.493 e. The van der Waals surface area contributed by atoms with Crippen molar-refractivity contribution in [2.45, 2.75) is 19.3 Å². The van der Waals surface area contributed by atoms with Crippen LogP contribution in [0.4, 0.5) is 0 Å². The Kier molecular flexibility index (Phi) is 11.7. The summed E-state index contributed by atoms with van der Waals surface area (Å²) in [6.45, 7) is 0.822. The Bertz CT molecular complexity index is 983. The van der Waals surface area contributed by atoms with E-state index in [0.29, 0.717) is 58.8 Å². The Hall–Kier alpha value is -4.34. The molecule has 0 saturated heterocycles. The minimum Gasteiger partial charge on any atom is -0.493 e. The molecule has 0 heterocycles. The van der Waals surface area contributed by atoms with Crippen molar-refractivity contribution in [1.82, 2.24) is 0 Å². The molecule has 0 bridgehead atoms. The summed E-state index contributed by atoms with van der Waals surface area (Å²) < 4.78 is 33.4. The first-order valence-corrected chi connectivity index (χ1v) is 11.4. The number of carboxylic acids is 2. The van der Waals surface area contributed by atoms with Crippen LogP contribution in [0.3, 0.4) is 0 Å². The van der Waals surface area contributed by atoms with E-state index in [1.807, 2.05) is 0 Å². The lowest BCUT2D eigenvalue weighted by Gasteiger charge is -2.16. The van der Waals surface area contributed by atoms with Crippen LogP contribution >= 0.6 is 0 Å². The van der Waals surface area contributed by atoms with E-state index in [1.165, 1.54) is 40.6 Å². The summed E-state index contributed by atoms with van der Waals surface area (Å²) >= 11 is 0. The third-order valence-corrected chi connectivity index (χ3v) is 5.08. The van der Waals surface area contributed by atoms with Gasteiger partial charge in [0.25, 0.3) is 0 Å². The van der Waals surface area contributed by atoms with Gasteiger partial charge in [-0.1, -0.05) is 0 Å². The molecule has 2 rings (SSSR count). The van der Waals surface area contributed by atoms with E-state index in [1.54, 1.807) is 24.3 Å². The van der Waals surface area contributed by atoms with E-state index in [-0.39, 0.29) is 0 Å². The summed E-state index contributed by atoms with van der Waals surface area (Å²) in [6.07, 6.45) is 7.25. The third-order valence-electron chi connectivity index (χ3n) is 5.08. The second kappa shape index (κ2) is 14.9. The number of benzene rings is 2. The first-order valence-electron chi connectivity index (χ1n) is 11.4. The molecule has 10 nitrogen and oxygen atoms in total. The minimum absolute atomic E-state index is 0.411. The highest BCUT2D eigenvalue weighted by molar-refractivity contribution is 5.86.